The lowest BCUT2D eigenvalue weighted by molar-refractivity contribution is -0.122. The molecule has 23 heavy (non-hydrogen) atoms. The van der Waals surface area contributed by atoms with E-state index in [9.17, 15) is 4.79 Å². The molecule has 118 valence electrons. The van der Waals surface area contributed by atoms with Crippen molar-refractivity contribution in [2.45, 2.75) is 13.3 Å². The molecule has 0 saturated carbocycles. The lowest BCUT2D eigenvalue weighted by Gasteiger charge is -2.11. The molecule has 0 spiro atoms. The number of thiocarbonyl (C=S) groups is 1. The van der Waals surface area contributed by atoms with Crippen molar-refractivity contribution in [1.29, 1.82) is 0 Å². The number of amides is 1. The van der Waals surface area contributed by atoms with E-state index >= 15 is 0 Å². The zero-order valence-corrected chi connectivity index (χ0v) is 14.8. The summed E-state index contributed by atoms with van der Waals surface area (Å²) in [5.74, 6) is 1.22. The molecule has 3 nitrogen and oxygen atoms in total. The molecule has 0 atom stereocenters. The average Bonchev–Trinajstić information content (AvgIpc) is 3.09. The minimum Gasteiger partial charge on any atom is -0.457 e. The van der Waals surface area contributed by atoms with Crippen molar-refractivity contribution in [3.8, 4) is 11.3 Å². The van der Waals surface area contributed by atoms with Crippen molar-refractivity contribution in [2.75, 3.05) is 6.54 Å². The van der Waals surface area contributed by atoms with Gasteiger partial charge in [-0.2, -0.15) is 0 Å². The Morgan fingerprint density at radius 3 is 2.83 bits per heavy atom. The molecule has 1 aromatic carbocycles. The van der Waals surface area contributed by atoms with Crippen LogP contribution in [0.4, 0.5) is 0 Å². The third kappa shape index (κ3) is 3.37. The van der Waals surface area contributed by atoms with Gasteiger partial charge >= 0.3 is 0 Å². The lowest BCUT2D eigenvalue weighted by Crippen LogP contribution is -2.28. The first-order valence-electron chi connectivity index (χ1n) is 7.20. The fourth-order valence-corrected chi connectivity index (χ4v) is 3.80. The standard InChI is InChI=1S/C17H14ClNO2S2/c1-2-9-19-16(20)15(23-17(19)22)10-11-7-8-14(21-11)12-5-3-4-6-13(12)18/h3-8,10H,2,9H2,1H3. The van der Waals surface area contributed by atoms with Gasteiger partial charge in [-0.15, -0.1) is 0 Å². The van der Waals surface area contributed by atoms with Gasteiger partial charge in [0.15, 0.2) is 0 Å². The maximum Gasteiger partial charge on any atom is 0.266 e. The Bertz CT molecular complexity index is 797. The van der Waals surface area contributed by atoms with E-state index in [-0.39, 0.29) is 5.91 Å². The van der Waals surface area contributed by atoms with Gasteiger partial charge in [-0.3, -0.25) is 9.69 Å². The van der Waals surface area contributed by atoms with Crippen molar-refractivity contribution in [3.63, 3.8) is 0 Å². The second-order valence-electron chi connectivity index (χ2n) is 5.02. The summed E-state index contributed by atoms with van der Waals surface area (Å²) in [4.78, 5) is 14.5. The van der Waals surface area contributed by atoms with Crippen LogP contribution in [-0.2, 0) is 4.79 Å². The molecule has 0 N–H and O–H groups in total. The SMILES string of the molecule is CCCN1C(=O)C(=Cc2ccc(-c3ccccc3Cl)o2)SC1=S. The maximum absolute atomic E-state index is 12.3. The Balaban J connectivity index is 1.86. The highest BCUT2D eigenvalue weighted by Gasteiger charge is 2.31. The highest BCUT2D eigenvalue weighted by atomic mass is 35.5. The van der Waals surface area contributed by atoms with Gasteiger partial charge in [-0.05, 0) is 30.7 Å². The molecule has 0 aliphatic carbocycles. The molecule has 1 aromatic heterocycles. The van der Waals surface area contributed by atoms with E-state index in [1.54, 1.807) is 11.0 Å². The number of carbonyl (C=O) groups is 1. The number of carbonyl (C=O) groups excluding carboxylic acids is 1. The van der Waals surface area contributed by atoms with Gasteiger partial charge in [0.05, 0.1) is 9.93 Å². The summed E-state index contributed by atoms with van der Waals surface area (Å²) in [5, 5.41) is 0.627. The zero-order chi connectivity index (χ0) is 16.4. The minimum atomic E-state index is -0.0578. The molecular formula is C17H14ClNO2S2. The second-order valence-corrected chi connectivity index (χ2v) is 7.10. The number of hydrogen-bond donors (Lipinski definition) is 0. The first-order chi connectivity index (χ1) is 11.1. The van der Waals surface area contributed by atoms with Gasteiger partial charge in [0.1, 0.15) is 15.8 Å². The van der Waals surface area contributed by atoms with Gasteiger partial charge in [0, 0.05) is 18.2 Å². The van der Waals surface area contributed by atoms with E-state index in [1.165, 1.54) is 11.8 Å². The number of rotatable bonds is 4. The van der Waals surface area contributed by atoms with E-state index in [0.29, 0.717) is 32.3 Å². The number of halogens is 1. The summed E-state index contributed by atoms with van der Waals surface area (Å²) in [6.07, 6.45) is 2.60. The monoisotopic (exact) mass is 363 g/mol. The lowest BCUT2D eigenvalue weighted by atomic mass is 10.2. The molecule has 1 amide bonds. The van der Waals surface area contributed by atoms with Crippen LogP contribution in [-0.4, -0.2) is 21.7 Å². The average molecular weight is 364 g/mol. The predicted molar refractivity (Wildman–Crippen MR) is 99.3 cm³/mol. The quantitative estimate of drug-likeness (QED) is 0.551. The van der Waals surface area contributed by atoms with Crippen LogP contribution in [0.25, 0.3) is 17.4 Å². The van der Waals surface area contributed by atoms with E-state index < -0.39 is 0 Å². The van der Waals surface area contributed by atoms with Crippen LogP contribution >= 0.6 is 35.6 Å². The van der Waals surface area contributed by atoms with Gasteiger partial charge in [0.25, 0.3) is 5.91 Å². The molecule has 1 aliphatic heterocycles. The third-order valence-corrected chi connectivity index (χ3v) is 5.07. The van der Waals surface area contributed by atoms with Crippen LogP contribution in [0.5, 0.6) is 0 Å². The van der Waals surface area contributed by atoms with Crippen LogP contribution < -0.4 is 0 Å². The van der Waals surface area contributed by atoms with Crippen molar-refractivity contribution < 1.29 is 9.21 Å². The molecule has 2 heterocycles. The highest BCUT2D eigenvalue weighted by Crippen LogP contribution is 2.34. The third-order valence-electron chi connectivity index (χ3n) is 3.36. The molecule has 2 aromatic rings. The summed E-state index contributed by atoms with van der Waals surface area (Å²) >= 11 is 12.7. The molecule has 1 aliphatic rings. The molecule has 0 radical (unpaired) electrons. The van der Waals surface area contributed by atoms with Crippen molar-refractivity contribution in [2.24, 2.45) is 0 Å². The summed E-state index contributed by atoms with van der Waals surface area (Å²) in [6, 6.07) is 11.2. The van der Waals surface area contributed by atoms with Crippen molar-refractivity contribution >= 4 is 51.9 Å². The van der Waals surface area contributed by atoms with E-state index in [4.69, 9.17) is 28.2 Å². The van der Waals surface area contributed by atoms with E-state index in [2.05, 4.69) is 0 Å². The number of nitrogens with zero attached hydrogens (tertiary/aromatic N) is 1. The number of thioether (sulfide) groups is 1. The van der Waals surface area contributed by atoms with Gasteiger partial charge in [-0.25, -0.2) is 0 Å². The minimum absolute atomic E-state index is 0.0578. The fraction of sp³-hybridized carbons (Fsp3) is 0.176. The largest absolute Gasteiger partial charge is 0.457 e. The molecular weight excluding hydrogens is 350 g/mol. The van der Waals surface area contributed by atoms with Crippen LogP contribution in [0.15, 0.2) is 45.7 Å². The Labute approximate surface area is 149 Å². The topological polar surface area (TPSA) is 33.5 Å². The number of furan rings is 1. The van der Waals surface area contributed by atoms with E-state index in [1.807, 2.05) is 43.3 Å². The van der Waals surface area contributed by atoms with Crippen LogP contribution in [0.3, 0.4) is 0 Å². The molecule has 0 unspecified atom stereocenters. The van der Waals surface area contributed by atoms with E-state index in [0.717, 1.165) is 12.0 Å². The maximum atomic E-state index is 12.3. The van der Waals surface area contributed by atoms with Crippen molar-refractivity contribution in [1.82, 2.24) is 4.90 Å². The molecule has 1 fully saturated rings. The smallest absolute Gasteiger partial charge is 0.266 e. The molecule has 3 rings (SSSR count). The Kier molecular flexibility index (Phi) is 4.90. The van der Waals surface area contributed by atoms with Gasteiger partial charge in [0.2, 0.25) is 0 Å². The summed E-state index contributed by atoms with van der Waals surface area (Å²) in [7, 11) is 0. The number of benzene rings is 1. The first-order valence-corrected chi connectivity index (χ1v) is 8.80. The second kappa shape index (κ2) is 6.91. The first kappa shape index (κ1) is 16.3. The van der Waals surface area contributed by atoms with Crippen molar-refractivity contribution in [3.05, 3.63) is 52.1 Å². The molecule has 1 saturated heterocycles. The number of hydrogen-bond acceptors (Lipinski definition) is 4. The normalized spacial score (nSPS) is 16.6. The molecule has 0 bridgehead atoms. The van der Waals surface area contributed by atoms with Crippen LogP contribution in [0, 0.1) is 0 Å². The van der Waals surface area contributed by atoms with Crippen LogP contribution in [0.2, 0.25) is 5.02 Å². The Morgan fingerprint density at radius 1 is 1.30 bits per heavy atom. The fourth-order valence-electron chi connectivity index (χ4n) is 2.28. The van der Waals surface area contributed by atoms with Gasteiger partial charge in [-0.1, -0.05) is 54.6 Å². The zero-order valence-electron chi connectivity index (χ0n) is 12.4. The van der Waals surface area contributed by atoms with Crippen LogP contribution in [0.1, 0.15) is 19.1 Å². The highest BCUT2D eigenvalue weighted by molar-refractivity contribution is 8.26. The summed E-state index contributed by atoms with van der Waals surface area (Å²) in [5.41, 5.74) is 0.826. The molecule has 6 heteroatoms. The summed E-state index contributed by atoms with van der Waals surface area (Å²) < 4.78 is 6.40. The Morgan fingerprint density at radius 2 is 2.09 bits per heavy atom. The summed E-state index contributed by atoms with van der Waals surface area (Å²) in [6.45, 7) is 2.66. The Hall–Kier alpha value is -1.56. The predicted octanol–water partition coefficient (Wildman–Crippen LogP) is 5.21. The van der Waals surface area contributed by atoms with Gasteiger partial charge < -0.3 is 4.42 Å².